The molecule has 1 unspecified atom stereocenters. The predicted octanol–water partition coefficient (Wildman–Crippen LogP) is 3.58. The number of rotatable bonds is 4. The zero-order valence-corrected chi connectivity index (χ0v) is 10.4. The zero-order chi connectivity index (χ0) is 13.0. The first-order chi connectivity index (χ1) is 8.72. The summed E-state index contributed by atoms with van der Waals surface area (Å²) in [6, 6.07) is 10.2. The maximum Gasteiger partial charge on any atom is 0.114 e. The standard InChI is InChI=1S/C15H15N3/c1-11(12(2)18-10-16-3)14-8-13-6-4-5-7-15(13)17-9-14/h4-11H,2-3H2,1H3. The lowest BCUT2D eigenvalue weighted by atomic mass is 9.99. The molecule has 0 aliphatic heterocycles. The first-order valence-electron chi connectivity index (χ1n) is 5.74. The van der Waals surface area contributed by atoms with Crippen molar-refractivity contribution in [2.45, 2.75) is 12.8 Å². The number of pyridine rings is 1. The van der Waals surface area contributed by atoms with Gasteiger partial charge in [-0.3, -0.25) is 9.98 Å². The van der Waals surface area contributed by atoms with Crippen LogP contribution in [0.25, 0.3) is 10.9 Å². The topological polar surface area (TPSA) is 37.6 Å². The molecule has 0 aliphatic rings. The summed E-state index contributed by atoms with van der Waals surface area (Å²) in [7, 11) is 0. The van der Waals surface area contributed by atoms with Gasteiger partial charge in [-0.05, 0) is 24.4 Å². The van der Waals surface area contributed by atoms with E-state index in [1.54, 1.807) is 0 Å². The fourth-order valence-electron chi connectivity index (χ4n) is 1.74. The SMILES string of the molecule is C=NC=NC(=C)C(C)c1cnc2ccccc2c1. The molecule has 0 aliphatic carbocycles. The van der Waals surface area contributed by atoms with E-state index >= 15 is 0 Å². The minimum atomic E-state index is 0.111. The first-order valence-corrected chi connectivity index (χ1v) is 5.74. The number of aliphatic imine (C=N–C) groups is 2. The highest BCUT2D eigenvalue weighted by Crippen LogP contribution is 2.25. The average molecular weight is 237 g/mol. The van der Waals surface area contributed by atoms with Crippen LogP contribution in [0.3, 0.4) is 0 Å². The predicted molar refractivity (Wildman–Crippen MR) is 77.3 cm³/mol. The first kappa shape index (κ1) is 12.2. The summed E-state index contributed by atoms with van der Waals surface area (Å²) in [5.41, 5.74) is 2.84. The van der Waals surface area contributed by atoms with Crippen molar-refractivity contribution in [3.05, 3.63) is 54.4 Å². The van der Waals surface area contributed by atoms with Crippen molar-refractivity contribution in [2.24, 2.45) is 9.98 Å². The maximum absolute atomic E-state index is 4.44. The minimum absolute atomic E-state index is 0.111. The van der Waals surface area contributed by atoms with Crippen LogP contribution in [0.2, 0.25) is 0 Å². The van der Waals surface area contributed by atoms with Gasteiger partial charge in [0.2, 0.25) is 0 Å². The van der Waals surface area contributed by atoms with Crippen molar-refractivity contribution in [1.29, 1.82) is 0 Å². The van der Waals surface area contributed by atoms with Crippen molar-refractivity contribution in [3.63, 3.8) is 0 Å². The van der Waals surface area contributed by atoms with Gasteiger partial charge in [0.1, 0.15) is 6.34 Å². The molecule has 0 bridgehead atoms. The van der Waals surface area contributed by atoms with Crippen LogP contribution in [-0.4, -0.2) is 18.0 Å². The molecule has 3 nitrogen and oxygen atoms in total. The highest BCUT2D eigenvalue weighted by atomic mass is 14.9. The molecule has 1 heterocycles. The second-order valence-electron chi connectivity index (χ2n) is 4.10. The third kappa shape index (κ3) is 2.51. The smallest absolute Gasteiger partial charge is 0.114 e. The molecule has 2 aromatic rings. The molecule has 90 valence electrons. The van der Waals surface area contributed by atoms with E-state index < -0.39 is 0 Å². The molecule has 1 aromatic carbocycles. The van der Waals surface area contributed by atoms with Gasteiger partial charge < -0.3 is 0 Å². The van der Waals surface area contributed by atoms with Gasteiger partial charge in [0.15, 0.2) is 0 Å². The van der Waals surface area contributed by atoms with Crippen LogP contribution < -0.4 is 0 Å². The van der Waals surface area contributed by atoms with Gasteiger partial charge in [0.05, 0.1) is 5.52 Å². The number of fused-ring (bicyclic) bond motifs is 1. The summed E-state index contributed by atoms with van der Waals surface area (Å²) in [5, 5.41) is 1.13. The Kier molecular flexibility index (Phi) is 3.63. The normalized spacial score (nSPS) is 12.7. The fraction of sp³-hybridized carbons (Fsp3) is 0.133. The van der Waals surface area contributed by atoms with Gasteiger partial charge in [-0.1, -0.05) is 31.7 Å². The van der Waals surface area contributed by atoms with Gasteiger partial charge >= 0.3 is 0 Å². The van der Waals surface area contributed by atoms with E-state index in [2.05, 4.69) is 47.3 Å². The molecule has 0 fully saturated rings. The van der Waals surface area contributed by atoms with E-state index in [1.165, 1.54) is 6.34 Å². The second-order valence-corrected chi connectivity index (χ2v) is 4.10. The summed E-state index contributed by atoms with van der Waals surface area (Å²) < 4.78 is 0. The molecular weight excluding hydrogens is 222 g/mol. The molecular formula is C15H15N3. The summed E-state index contributed by atoms with van der Waals surface area (Å²) in [6.45, 7) is 9.34. The van der Waals surface area contributed by atoms with Crippen LogP contribution in [0.15, 0.2) is 58.8 Å². The molecule has 1 aromatic heterocycles. The quantitative estimate of drug-likeness (QED) is 0.591. The Hall–Kier alpha value is -2.29. The summed E-state index contributed by atoms with van der Waals surface area (Å²) in [4.78, 5) is 12.1. The molecule has 1 atom stereocenters. The van der Waals surface area contributed by atoms with E-state index in [0.29, 0.717) is 0 Å². The minimum Gasteiger partial charge on any atom is -0.256 e. The fourth-order valence-corrected chi connectivity index (χ4v) is 1.74. The van der Waals surface area contributed by atoms with Crippen molar-refractivity contribution >= 4 is 24.0 Å². The number of aromatic nitrogens is 1. The molecule has 18 heavy (non-hydrogen) atoms. The van der Waals surface area contributed by atoms with E-state index in [0.717, 1.165) is 22.2 Å². The lowest BCUT2D eigenvalue weighted by Crippen LogP contribution is -1.96. The lowest BCUT2D eigenvalue weighted by Gasteiger charge is -2.11. The average Bonchev–Trinajstić information content (AvgIpc) is 2.43. The lowest BCUT2D eigenvalue weighted by molar-refractivity contribution is 0.880. The maximum atomic E-state index is 4.44. The third-order valence-electron chi connectivity index (χ3n) is 2.92. The molecule has 0 N–H and O–H groups in total. The van der Waals surface area contributed by atoms with Gasteiger partial charge in [-0.25, -0.2) is 4.99 Å². The van der Waals surface area contributed by atoms with Crippen LogP contribution in [0, 0.1) is 0 Å². The summed E-state index contributed by atoms with van der Waals surface area (Å²) >= 11 is 0. The molecule has 0 spiro atoms. The highest BCUT2D eigenvalue weighted by Gasteiger charge is 2.09. The van der Waals surface area contributed by atoms with Gasteiger partial charge in [0.25, 0.3) is 0 Å². The molecule has 0 amide bonds. The molecule has 3 heteroatoms. The van der Waals surface area contributed by atoms with E-state index in [1.807, 2.05) is 24.4 Å². The Bertz CT molecular complexity index is 614. The Morgan fingerprint density at radius 1 is 1.39 bits per heavy atom. The van der Waals surface area contributed by atoms with E-state index in [-0.39, 0.29) is 5.92 Å². The van der Waals surface area contributed by atoms with Crippen LogP contribution >= 0.6 is 0 Å². The third-order valence-corrected chi connectivity index (χ3v) is 2.92. The monoisotopic (exact) mass is 237 g/mol. The van der Waals surface area contributed by atoms with Crippen LogP contribution in [0.1, 0.15) is 18.4 Å². The van der Waals surface area contributed by atoms with Gasteiger partial charge in [-0.2, -0.15) is 0 Å². The van der Waals surface area contributed by atoms with Gasteiger partial charge in [-0.15, -0.1) is 0 Å². The largest absolute Gasteiger partial charge is 0.256 e. The highest BCUT2D eigenvalue weighted by molar-refractivity contribution is 5.79. The van der Waals surface area contributed by atoms with Crippen molar-refractivity contribution in [1.82, 2.24) is 4.98 Å². The molecule has 0 radical (unpaired) electrons. The second kappa shape index (κ2) is 5.36. The molecule has 0 saturated heterocycles. The van der Waals surface area contributed by atoms with Crippen molar-refractivity contribution in [2.75, 3.05) is 0 Å². The number of para-hydroxylation sites is 1. The summed E-state index contributed by atoms with van der Waals surface area (Å²) in [6.07, 6.45) is 3.28. The van der Waals surface area contributed by atoms with Crippen LogP contribution in [0.4, 0.5) is 0 Å². The Balaban J connectivity index is 2.33. The summed E-state index contributed by atoms with van der Waals surface area (Å²) in [5.74, 6) is 0.111. The van der Waals surface area contributed by atoms with Crippen molar-refractivity contribution in [3.8, 4) is 0 Å². The Morgan fingerprint density at radius 3 is 2.94 bits per heavy atom. The Morgan fingerprint density at radius 2 is 2.17 bits per heavy atom. The van der Waals surface area contributed by atoms with Crippen LogP contribution in [0.5, 0.6) is 0 Å². The zero-order valence-electron chi connectivity index (χ0n) is 10.4. The van der Waals surface area contributed by atoms with E-state index in [4.69, 9.17) is 0 Å². The number of benzene rings is 1. The molecule has 0 saturated carbocycles. The Labute approximate surface area is 107 Å². The molecule has 2 rings (SSSR count). The number of allylic oxidation sites excluding steroid dienone is 1. The van der Waals surface area contributed by atoms with Gasteiger partial charge in [0, 0.05) is 23.2 Å². The van der Waals surface area contributed by atoms with Crippen molar-refractivity contribution < 1.29 is 0 Å². The van der Waals surface area contributed by atoms with E-state index in [9.17, 15) is 0 Å². The number of hydrogen-bond acceptors (Lipinski definition) is 2. The number of hydrogen-bond donors (Lipinski definition) is 0. The number of nitrogens with zero attached hydrogens (tertiary/aromatic N) is 3. The van der Waals surface area contributed by atoms with Crippen LogP contribution in [-0.2, 0) is 0 Å².